The summed E-state index contributed by atoms with van der Waals surface area (Å²) >= 11 is 3.42. The molecule has 0 aromatic heterocycles. The monoisotopic (exact) mass is 339 g/mol. The lowest BCUT2D eigenvalue weighted by Gasteiger charge is -2.13. The highest BCUT2D eigenvalue weighted by Crippen LogP contribution is 2.29. The Morgan fingerprint density at radius 2 is 1.90 bits per heavy atom. The molecule has 0 radical (unpaired) electrons. The molecule has 2 nitrogen and oxygen atoms in total. The third-order valence-electron chi connectivity index (χ3n) is 2.81. The minimum atomic E-state index is -0.756. The highest BCUT2D eigenvalue weighted by atomic mass is 79.9. The van der Waals surface area contributed by atoms with Crippen molar-refractivity contribution in [2.45, 2.75) is 11.8 Å². The number of carbonyl (C=O) groups excluding carboxylic acids is 1. The summed E-state index contributed by atoms with van der Waals surface area (Å²) in [5, 5.41) is 2.60. The maximum absolute atomic E-state index is 13.5. The van der Waals surface area contributed by atoms with Crippen LogP contribution in [0.25, 0.3) is 0 Å². The third-order valence-corrected chi connectivity index (χ3v) is 3.30. The van der Waals surface area contributed by atoms with Gasteiger partial charge in [-0.3, -0.25) is 4.79 Å². The molecule has 1 amide bonds. The summed E-state index contributed by atoms with van der Waals surface area (Å²) in [5.74, 6) is -2.09. The van der Waals surface area contributed by atoms with Gasteiger partial charge < -0.3 is 5.32 Å². The molecule has 20 heavy (non-hydrogen) atoms. The van der Waals surface area contributed by atoms with Crippen LogP contribution in [0.3, 0.4) is 0 Å². The van der Waals surface area contributed by atoms with Crippen LogP contribution in [0, 0.1) is 11.6 Å². The van der Waals surface area contributed by atoms with Crippen molar-refractivity contribution in [2.24, 2.45) is 0 Å². The van der Waals surface area contributed by atoms with E-state index >= 15 is 0 Å². The Morgan fingerprint density at radius 3 is 2.60 bits per heavy atom. The number of anilines is 1. The van der Waals surface area contributed by atoms with Gasteiger partial charge in [0.25, 0.3) is 5.91 Å². The molecule has 0 bridgehead atoms. The van der Waals surface area contributed by atoms with Gasteiger partial charge in [-0.2, -0.15) is 0 Å². The molecule has 0 saturated heterocycles. The second kappa shape index (κ2) is 6.13. The molecule has 0 spiro atoms. The van der Waals surface area contributed by atoms with Crippen LogP contribution in [-0.4, -0.2) is 5.91 Å². The van der Waals surface area contributed by atoms with E-state index in [1.807, 2.05) is 19.1 Å². The van der Waals surface area contributed by atoms with Crippen molar-refractivity contribution in [1.29, 1.82) is 0 Å². The summed E-state index contributed by atoms with van der Waals surface area (Å²) in [6.45, 7) is 1.91. The lowest BCUT2D eigenvalue weighted by atomic mass is 10.1. The topological polar surface area (TPSA) is 29.1 Å². The van der Waals surface area contributed by atoms with Gasteiger partial charge in [0.2, 0.25) is 0 Å². The van der Waals surface area contributed by atoms with E-state index in [9.17, 15) is 13.6 Å². The minimum Gasteiger partial charge on any atom is -0.322 e. The first kappa shape index (κ1) is 14.7. The zero-order chi connectivity index (χ0) is 14.7. The molecule has 0 aliphatic carbocycles. The van der Waals surface area contributed by atoms with Gasteiger partial charge in [0.1, 0.15) is 11.6 Å². The van der Waals surface area contributed by atoms with Crippen LogP contribution in [0.4, 0.5) is 14.5 Å². The van der Waals surface area contributed by atoms with Crippen LogP contribution in [0.2, 0.25) is 0 Å². The Morgan fingerprint density at radius 1 is 1.20 bits per heavy atom. The first-order valence-electron chi connectivity index (χ1n) is 5.98. The van der Waals surface area contributed by atoms with E-state index in [1.165, 1.54) is 0 Å². The maximum Gasteiger partial charge on any atom is 0.258 e. The maximum atomic E-state index is 13.5. The summed E-state index contributed by atoms with van der Waals surface area (Å²) < 4.78 is 26.6. The molecule has 1 unspecified atom stereocenters. The molecular weight excluding hydrogens is 328 g/mol. The van der Waals surface area contributed by atoms with Crippen LogP contribution in [-0.2, 0) is 0 Å². The van der Waals surface area contributed by atoms with Gasteiger partial charge in [0, 0.05) is 10.5 Å². The normalized spacial score (nSPS) is 12.0. The van der Waals surface area contributed by atoms with Crippen molar-refractivity contribution in [3.05, 3.63) is 65.2 Å². The highest BCUT2D eigenvalue weighted by molar-refractivity contribution is 9.09. The number of halogens is 3. The standard InChI is InChI=1S/C15H12BrF2NO/c1-9(16)11-4-2-3-5-14(11)19-15(20)12-8-10(17)6-7-13(12)18/h2-9H,1H3,(H,19,20). The molecule has 2 aromatic rings. The smallest absolute Gasteiger partial charge is 0.258 e. The van der Waals surface area contributed by atoms with Crippen molar-refractivity contribution in [2.75, 3.05) is 5.32 Å². The van der Waals surface area contributed by atoms with E-state index in [-0.39, 0.29) is 10.4 Å². The quantitative estimate of drug-likeness (QED) is 0.808. The molecular formula is C15H12BrF2NO. The highest BCUT2D eigenvalue weighted by Gasteiger charge is 2.15. The van der Waals surface area contributed by atoms with Crippen molar-refractivity contribution in [3.8, 4) is 0 Å². The number of alkyl halides is 1. The SMILES string of the molecule is CC(Br)c1ccccc1NC(=O)c1cc(F)ccc1F. The first-order chi connectivity index (χ1) is 9.49. The van der Waals surface area contributed by atoms with E-state index < -0.39 is 17.5 Å². The molecule has 0 fully saturated rings. The minimum absolute atomic E-state index is 0.0244. The van der Waals surface area contributed by atoms with E-state index in [0.29, 0.717) is 5.69 Å². The van der Waals surface area contributed by atoms with Crippen LogP contribution in [0.5, 0.6) is 0 Å². The molecule has 0 aliphatic rings. The molecule has 1 atom stereocenters. The van der Waals surface area contributed by atoms with Crippen molar-refractivity contribution in [3.63, 3.8) is 0 Å². The zero-order valence-corrected chi connectivity index (χ0v) is 12.2. The predicted molar refractivity (Wildman–Crippen MR) is 78.1 cm³/mol. The fourth-order valence-electron chi connectivity index (χ4n) is 1.82. The first-order valence-corrected chi connectivity index (χ1v) is 6.90. The number of hydrogen-bond donors (Lipinski definition) is 1. The Balaban J connectivity index is 2.31. The summed E-state index contributed by atoms with van der Waals surface area (Å²) in [6.07, 6.45) is 0. The molecule has 0 heterocycles. The van der Waals surface area contributed by atoms with Gasteiger partial charge >= 0.3 is 0 Å². The van der Waals surface area contributed by atoms with Gasteiger partial charge in [0.05, 0.1) is 5.56 Å². The van der Waals surface area contributed by atoms with Crippen molar-refractivity contribution in [1.82, 2.24) is 0 Å². The van der Waals surface area contributed by atoms with Crippen LogP contribution >= 0.6 is 15.9 Å². The largest absolute Gasteiger partial charge is 0.322 e. The van der Waals surface area contributed by atoms with Gasteiger partial charge in [-0.25, -0.2) is 8.78 Å². The predicted octanol–water partition coefficient (Wildman–Crippen LogP) is 4.67. The van der Waals surface area contributed by atoms with Gasteiger partial charge in [-0.05, 0) is 36.8 Å². The Labute approximate surface area is 123 Å². The van der Waals surface area contributed by atoms with E-state index in [0.717, 1.165) is 23.8 Å². The zero-order valence-electron chi connectivity index (χ0n) is 10.7. The van der Waals surface area contributed by atoms with E-state index in [2.05, 4.69) is 21.2 Å². The third kappa shape index (κ3) is 3.22. The summed E-state index contributed by atoms with van der Waals surface area (Å²) in [7, 11) is 0. The molecule has 0 aliphatic heterocycles. The number of carbonyl (C=O) groups is 1. The summed E-state index contributed by atoms with van der Waals surface area (Å²) in [5.41, 5.74) is 1.10. The molecule has 5 heteroatoms. The number of amides is 1. The number of rotatable bonds is 3. The summed E-state index contributed by atoms with van der Waals surface area (Å²) in [4.78, 5) is 12.1. The van der Waals surface area contributed by atoms with Crippen molar-refractivity contribution >= 4 is 27.5 Å². The number of para-hydroxylation sites is 1. The van der Waals surface area contributed by atoms with Gasteiger partial charge in [-0.15, -0.1) is 0 Å². The number of benzene rings is 2. The second-order valence-electron chi connectivity index (χ2n) is 4.28. The van der Waals surface area contributed by atoms with Crippen LogP contribution < -0.4 is 5.32 Å². The van der Waals surface area contributed by atoms with Gasteiger partial charge in [0.15, 0.2) is 0 Å². The van der Waals surface area contributed by atoms with Crippen LogP contribution in [0.1, 0.15) is 27.7 Å². The lowest BCUT2D eigenvalue weighted by Crippen LogP contribution is -2.15. The van der Waals surface area contributed by atoms with Crippen LogP contribution in [0.15, 0.2) is 42.5 Å². The average Bonchev–Trinajstić information content (AvgIpc) is 2.41. The van der Waals surface area contributed by atoms with E-state index in [1.54, 1.807) is 12.1 Å². The Bertz CT molecular complexity index is 644. The molecule has 0 saturated carbocycles. The number of nitrogens with one attached hydrogen (secondary N) is 1. The average molecular weight is 340 g/mol. The Kier molecular flexibility index (Phi) is 4.49. The molecule has 104 valence electrons. The molecule has 2 rings (SSSR count). The van der Waals surface area contributed by atoms with E-state index in [4.69, 9.17) is 0 Å². The molecule has 1 N–H and O–H groups in total. The lowest BCUT2D eigenvalue weighted by molar-refractivity contribution is 0.102. The summed E-state index contributed by atoms with van der Waals surface area (Å²) in [6, 6.07) is 9.94. The number of hydrogen-bond acceptors (Lipinski definition) is 1. The Hall–Kier alpha value is -1.75. The molecule has 2 aromatic carbocycles. The second-order valence-corrected chi connectivity index (χ2v) is 5.66. The fourth-order valence-corrected chi connectivity index (χ4v) is 2.22. The van der Waals surface area contributed by atoms with Crippen molar-refractivity contribution < 1.29 is 13.6 Å². The van der Waals surface area contributed by atoms with Gasteiger partial charge in [-0.1, -0.05) is 34.1 Å². The fraction of sp³-hybridized carbons (Fsp3) is 0.133.